The molecule has 116 valence electrons. The van der Waals surface area contributed by atoms with Crippen molar-refractivity contribution in [2.45, 2.75) is 32.7 Å². The van der Waals surface area contributed by atoms with Gasteiger partial charge >= 0.3 is 0 Å². The SMILES string of the molecule is COCC1CCN(C2=NCC(C)C3C=CC(C)=CN23)CC1. The zero-order chi connectivity index (χ0) is 14.8. The maximum absolute atomic E-state index is 5.30. The van der Waals surface area contributed by atoms with E-state index in [1.807, 2.05) is 0 Å². The Kier molecular flexibility index (Phi) is 4.34. The lowest BCUT2D eigenvalue weighted by Crippen LogP contribution is -2.54. The number of aliphatic imine (C=N–C) groups is 1. The van der Waals surface area contributed by atoms with E-state index < -0.39 is 0 Å². The summed E-state index contributed by atoms with van der Waals surface area (Å²) in [7, 11) is 1.80. The average Bonchev–Trinajstić information content (AvgIpc) is 2.49. The van der Waals surface area contributed by atoms with Crippen LogP contribution < -0.4 is 0 Å². The Bertz CT molecular complexity index is 461. The maximum Gasteiger partial charge on any atom is 0.201 e. The Labute approximate surface area is 128 Å². The molecule has 0 aromatic heterocycles. The van der Waals surface area contributed by atoms with Crippen LogP contribution in [-0.4, -0.2) is 55.2 Å². The smallest absolute Gasteiger partial charge is 0.201 e. The summed E-state index contributed by atoms with van der Waals surface area (Å²) < 4.78 is 5.30. The van der Waals surface area contributed by atoms with E-state index in [1.165, 1.54) is 24.4 Å². The molecule has 0 aromatic rings. The third-order valence-corrected chi connectivity index (χ3v) is 4.85. The van der Waals surface area contributed by atoms with Crippen LogP contribution >= 0.6 is 0 Å². The molecule has 0 aliphatic carbocycles. The van der Waals surface area contributed by atoms with Gasteiger partial charge in [-0.2, -0.15) is 0 Å². The number of likely N-dealkylation sites (tertiary alicyclic amines) is 1. The Hall–Kier alpha value is -1.29. The zero-order valence-corrected chi connectivity index (χ0v) is 13.5. The third-order valence-electron chi connectivity index (χ3n) is 4.85. The van der Waals surface area contributed by atoms with E-state index in [4.69, 9.17) is 9.73 Å². The van der Waals surface area contributed by atoms with E-state index >= 15 is 0 Å². The second-order valence-corrected chi connectivity index (χ2v) is 6.63. The summed E-state index contributed by atoms with van der Waals surface area (Å²) in [6.07, 6.45) is 9.26. The lowest BCUT2D eigenvalue weighted by atomic mass is 9.94. The Balaban J connectivity index is 1.72. The molecule has 4 nitrogen and oxygen atoms in total. The summed E-state index contributed by atoms with van der Waals surface area (Å²) in [5.41, 5.74) is 1.31. The van der Waals surface area contributed by atoms with Gasteiger partial charge in [0.1, 0.15) is 0 Å². The maximum atomic E-state index is 5.30. The molecule has 21 heavy (non-hydrogen) atoms. The van der Waals surface area contributed by atoms with Crippen molar-refractivity contribution in [3.63, 3.8) is 0 Å². The molecule has 0 aromatic carbocycles. The highest BCUT2D eigenvalue weighted by Gasteiger charge is 2.33. The van der Waals surface area contributed by atoms with Crippen molar-refractivity contribution in [1.82, 2.24) is 9.80 Å². The van der Waals surface area contributed by atoms with Crippen LogP contribution in [0.2, 0.25) is 0 Å². The minimum Gasteiger partial charge on any atom is -0.384 e. The van der Waals surface area contributed by atoms with Crippen LogP contribution in [0.3, 0.4) is 0 Å². The Morgan fingerprint density at radius 1 is 1.33 bits per heavy atom. The van der Waals surface area contributed by atoms with Gasteiger partial charge in [0.2, 0.25) is 5.96 Å². The first-order valence-corrected chi connectivity index (χ1v) is 8.12. The van der Waals surface area contributed by atoms with Crippen molar-refractivity contribution in [3.05, 3.63) is 23.9 Å². The lowest BCUT2D eigenvalue weighted by molar-refractivity contribution is 0.114. The number of hydrogen-bond donors (Lipinski definition) is 0. The van der Waals surface area contributed by atoms with Gasteiger partial charge in [-0.15, -0.1) is 0 Å². The fraction of sp³-hybridized carbons (Fsp3) is 0.706. The second kappa shape index (κ2) is 6.22. The number of fused-ring (bicyclic) bond motifs is 1. The van der Waals surface area contributed by atoms with Gasteiger partial charge in [0, 0.05) is 45.5 Å². The van der Waals surface area contributed by atoms with Crippen LogP contribution in [0.5, 0.6) is 0 Å². The fourth-order valence-corrected chi connectivity index (χ4v) is 3.56. The van der Waals surface area contributed by atoms with Crippen LogP contribution in [0.15, 0.2) is 28.9 Å². The second-order valence-electron chi connectivity index (χ2n) is 6.63. The lowest BCUT2D eigenvalue weighted by Gasteiger charge is -2.44. The van der Waals surface area contributed by atoms with Crippen LogP contribution in [0.4, 0.5) is 0 Å². The molecule has 0 spiro atoms. The Morgan fingerprint density at radius 2 is 2.10 bits per heavy atom. The van der Waals surface area contributed by atoms with Gasteiger partial charge in [0.05, 0.1) is 6.04 Å². The van der Waals surface area contributed by atoms with E-state index in [9.17, 15) is 0 Å². The number of piperidine rings is 1. The van der Waals surface area contributed by atoms with Crippen LogP contribution in [-0.2, 0) is 4.74 Å². The van der Waals surface area contributed by atoms with Gasteiger partial charge in [-0.05, 0) is 31.3 Å². The number of methoxy groups -OCH3 is 1. The predicted molar refractivity (Wildman–Crippen MR) is 86.2 cm³/mol. The van der Waals surface area contributed by atoms with E-state index in [2.05, 4.69) is 42.0 Å². The third kappa shape index (κ3) is 3.00. The monoisotopic (exact) mass is 289 g/mol. The summed E-state index contributed by atoms with van der Waals surface area (Å²) in [6, 6.07) is 0.470. The fourth-order valence-electron chi connectivity index (χ4n) is 3.56. The number of hydrogen-bond acceptors (Lipinski definition) is 4. The summed E-state index contributed by atoms with van der Waals surface area (Å²) in [5.74, 6) is 2.47. The molecular weight excluding hydrogens is 262 g/mol. The van der Waals surface area contributed by atoms with Gasteiger partial charge in [-0.25, -0.2) is 0 Å². The normalized spacial score (nSPS) is 30.0. The summed E-state index contributed by atoms with van der Waals surface area (Å²) in [5, 5.41) is 0. The first-order valence-electron chi connectivity index (χ1n) is 8.12. The van der Waals surface area contributed by atoms with Crippen molar-refractivity contribution in [3.8, 4) is 0 Å². The molecule has 2 atom stereocenters. The van der Waals surface area contributed by atoms with Crippen molar-refractivity contribution in [1.29, 1.82) is 0 Å². The minimum absolute atomic E-state index is 0.470. The number of guanidine groups is 1. The van der Waals surface area contributed by atoms with Gasteiger partial charge < -0.3 is 14.5 Å². The molecule has 0 saturated carbocycles. The average molecular weight is 289 g/mol. The molecule has 3 heterocycles. The first kappa shape index (κ1) is 14.6. The summed E-state index contributed by atoms with van der Waals surface area (Å²) in [6.45, 7) is 8.48. The van der Waals surface area contributed by atoms with Gasteiger partial charge in [-0.3, -0.25) is 4.99 Å². The number of nitrogens with zero attached hydrogens (tertiary/aromatic N) is 3. The largest absolute Gasteiger partial charge is 0.384 e. The van der Waals surface area contributed by atoms with E-state index in [0.29, 0.717) is 17.9 Å². The highest BCUT2D eigenvalue weighted by molar-refractivity contribution is 5.83. The molecule has 3 aliphatic heterocycles. The minimum atomic E-state index is 0.470. The quantitative estimate of drug-likeness (QED) is 0.782. The molecule has 1 saturated heterocycles. The molecular formula is C17H27N3O. The highest BCUT2D eigenvalue weighted by atomic mass is 16.5. The molecule has 4 heteroatoms. The van der Waals surface area contributed by atoms with Crippen molar-refractivity contribution >= 4 is 5.96 Å². The molecule has 3 aliphatic rings. The van der Waals surface area contributed by atoms with Crippen LogP contribution in [0, 0.1) is 11.8 Å². The van der Waals surface area contributed by atoms with Crippen molar-refractivity contribution in [2.75, 3.05) is 33.4 Å². The zero-order valence-electron chi connectivity index (χ0n) is 13.5. The molecule has 0 N–H and O–H groups in total. The van der Waals surface area contributed by atoms with E-state index in [-0.39, 0.29) is 0 Å². The van der Waals surface area contributed by atoms with E-state index in [1.54, 1.807) is 7.11 Å². The number of ether oxygens (including phenoxy) is 1. The Morgan fingerprint density at radius 3 is 2.81 bits per heavy atom. The van der Waals surface area contributed by atoms with Crippen LogP contribution in [0.1, 0.15) is 26.7 Å². The molecule has 0 bridgehead atoms. The molecule has 0 amide bonds. The predicted octanol–water partition coefficient (Wildman–Crippen LogP) is 2.49. The number of allylic oxidation sites excluding steroid dienone is 2. The van der Waals surface area contributed by atoms with Crippen LogP contribution in [0.25, 0.3) is 0 Å². The van der Waals surface area contributed by atoms with Crippen molar-refractivity contribution < 1.29 is 4.74 Å². The van der Waals surface area contributed by atoms with E-state index in [0.717, 1.165) is 26.2 Å². The van der Waals surface area contributed by atoms with Gasteiger partial charge in [0.25, 0.3) is 0 Å². The highest BCUT2D eigenvalue weighted by Crippen LogP contribution is 2.27. The summed E-state index contributed by atoms with van der Waals surface area (Å²) >= 11 is 0. The van der Waals surface area contributed by atoms with Crippen molar-refractivity contribution in [2.24, 2.45) is 16.8 Å². The van der Waals surface area contributed by atoms with Gasteiger partial charge in [0.15, 0.2) is 0 Å². The molecule has 2 unspecified atom stereocenters. The first-order chi connectivity index (χ1) is 10.2. The molecule has 3 rings (SSSR count). The summed E-state index contributed by atoms with van der Waals surface area (Å²) in [4.78, 5) is 9.74. The number of rotatable bonds is 2. The molecule has 1 fully saturated rings. The standard InChI is InChI=1S/C17H27N3O/c1-13-4-5-16-14(2)10-18-17(20(16)11-13)19-8-6-15(7-9-19)12-21-3/h4-5,11,14-16H,6-10,12H2,1-3H3. The molecule has 0 radical (unpaired) electrons. The van der Waals surface area contributed by atoms with Gasteiger partial charge in [-0.1, -0.05) is 19.1 Å². The topological polar surface area (TPSA) is 28.1 Å².